The first-order chi connectivity index (χ1) is 19.3. The zero-order valence-electron chi connectivity index (χ0n) is 21.9. The summed E-state index contributed by atoms with van der Waals surface area (Å²) in [6.45, 7) is 4.21. The maximum atomic E-state index is 13.0. The predicted molar refractivity (Wildman–Crippen MR) is 152 cm³/mol. The first-order valence-corrected chi connectivity index (χ1v) is 14.6. The summed E-state index contributed by atoms with van der Waals surface area (Å²) in [4.78, 5) is 21.6. The number of hydrogen-bond donors (Lipinski definition) is 2. The second kappa shape index (κ2) is 10.5. The molecule has 0 saturated carbocycles. The molecule has 14 heteroatoms. The molecule has 0 aliphatic carbocycles. The minimum atomic E-state index is -5.64. The Morgan fingerprint density at radius 3 is 2.54 bits per heavy atom. The van der Waals surface area contributed by atoms with Crippen LogP contribution in [-0.4, -0.2) is 41.4 Å². The van der Waals surface area contributed by atoms with Crippen LogP contribution in [-0.2, 0) is 23.0 Å². The number of imidazole rings is 1. The lowest BCUT2D eigenvalue weighted by molar-refractivity contribution is -0.0429. The van der Waals surface area contributed by atoms with Crippen molar-refractivity contribution in [2.45, 2.75) is 32.3 Å². The number of carbonyl (C=O) groups excluding carboxylic acids is 1. The van der Waals surface area contributed by atoms with E-state index < -0.39 is 15.5 Å². The van der Waals surface area contributed by atoms with Gasteiger partial charge in [-0.1, -0.05) is 25.1 Å². The van der Waals surface area contributed by atoms with Crippen LogP contribution in [0.15, 0.2) is 57.4 Å². The van der Waals surface area contributed by atoms with Gasteiger partial charge in [-0.3, -0.25) is 9.52 Å². The molecule has 2 aromatic carbocycles. The van der Waals surface area contributed by atoms with E-state index in [-0.39, 0.29) is 28.6 Å². The molecule has 3 heterocycles. The molecular formula is C27H23BrF3N5O4S. The molecule has 2 N–H and O–H groups in total. The van der Waals surface area contributed by atoms with Gasteiger partial charge < -0.3 is 14.3 Å². The number of benzene rings is 2. The van der Waals surface area contributed by atoms with E-state index in [0.29, 0.717) is 39.6 Å². The molecule has 0 aliphatic rings. The number of sulfonamides is 1. The van der Waals surface area contributed by atoms with E-state index in [0.717, 1.165) is 17.0 Å². The van der Waals surface area contributed by atoms with Crippen LogP contribution in [0.25, 0.3) is 33.5 Å². The van der Waals surface area contributed by atoms with Gasteiger partial charge in [0.1, 0.15) is 22.6 Å². The average Bonchev–Trinajstić information content (AvgIpc) is 3.45. The van der Waals surface area contributed by atoms with E-state index in [1.54, 1.807) is 22.9 Å². The number of nitrogens with zero attached hydrogens (tertiary/aromatic N) is 3. The van der Waals surface area contributed by atoms with Gasteiger partial charge in [-0.05, 0) is 64.3 Å². The van der Waals surface area contributed by atoms with Crippen LogP contribution >= 0.6 is 15.9 Å². The fraction of sp³-hybridized carbons (Fsp3) is 0.222. The van der Waals surface area contributed by atoms with Gasteiger partial charge in [0, 0.05) is 24.4 Å². The number of furan rings is 1. The summed E-state index contributed by atoms with van der Waals surface area (Å²) in [6, 6.07) is 12.8. The highest BCUT2D eigenvalue weighted by molar-refractivity contribution is 9.10. The Hall–Kier alpha value is -3.91. The largest absolute Gasteiger partial charge is 0.516 e. The number of halogens is 4. The van der Waals surface area contributed by atoms with Crippen molar-refractivity contribution in [3.8, 4) is 11.3 Å². The topological polar surface area (TPSA) is 119 Å². The molecule has 0 saturated heterocycles. The predicted octanol–water partition coefficient (Wildman–Crippen LogP) is 6.15. The number of rotatable bonds is 7. The molecule has 5 rings (SSSR count). The highest BCUT2D eigenvalue weighted by atomic mass is 79.9. The third kappa shape index (κ3) is 5.17. The molecule has 41 heavy (non-hydrogen) atoms. The minimum absolute atomic E-state index is 0.125. The van der Waals surface area contributed by atoms with Gasteiger partial charge in [0.25, 0.3) is 5.91 Å². The number of hydrogen-bond acceptors (Lipinski definition) is 6. The molecule has 3 aromatic heterocycles. The molecule has 5 aromatic rings. The number of nitrogens with one attached hydrogen (secondary N) is 2. The Morgan fingerprint density at radius 1 is 1.12 bits per heavy atom. The molecule has 214 valence electrons. The van der Waals surface area contributed by atoms with Crippen LogP contribution in [0.1, 0.15) is 34.4 Å². The number of amides is 1. The summed E-state index contributed by atoms with van der Waals surface area (Å²) in [6.07, 6.45) is 0.623. The molecule has 0 atom stereocenters. The summed E-state index contributed by atoms with van der Waals surface area (Å²) in [5.41, 5.74) is -2.00. The van der Waals surface area contributed by atoms with Crippen molar-refractivity contribution in [1.29, 1.82) is 0 Å². The van der Waals surface area contributed by atoms with Gasteiger partial charge in [0.15, 0.2) is 11.4 Å². The van der Waals surface area contributed by atoms with E-state index in [4.69, 9.17) is 9.40 Å². The second-order valence-corrected chi connectivity index (χ2v) is 11.7. The third-order valence-corrected chi connectivity index (χ3v) is 8.39. The summed E-state index contributed by atoms with van der Waals surface area (Å²) < 4.78 is 72.6. The Kier molecular flexibility index (Phi) is 7.32. The van der Waals surface area contributed by atoms with E-state index in [9.17, 15) is 26.4 Å². The van der Waals surface area contributed by atoms with Gasteiger partial charge >= 0.3 is 15.5 Å². The molecule has 9 nitrogen and oxygen atoms in total. The van der Waals surface area contributed by atoms with E-state index in [1.807, 2.05) is 30.5 Å². The van der Waals surface area contributed by atoms with Crippen LogP contribution in [0.2, 0.25) is 0 Å². The summed E-state index contributed by atoms with van der Waals surface area (Å²) in [7, 11) is -4.11. The highest BCUT2D eigenvalue weighted by Crippen LogP contribution is 2.42. The zero-order valence-corrected chi connectivity index (χ0v) is 24.3. The van der Waals surface area contributed by atoms with Crippen molar-refractivity contribution in [3.63, 3.8) is 0 Å². The third-order valence-electron chi connectivity index (χ3n) is 6.50. The summed E-state index contributed by atoms with van der Waals surface area (Å²) in [5.74, 6) is 0.630. The highest BCUT2D eigenvalue weighted by Gasteiger charge is 2.46. The number of aryl methyl sites for hydroxylation is 2. The van der Waals surface area contributed by atoms with Crippen molar-refractivity contribution in [2.24, 2.45) is 0 Å². The lowest BCUT2D eigenvalue weighted by Gasteiger charge is -2.13. The van der Waals surface area contributed by atoms with Crippen molar-refractivity contribution >= 4 is 59.7 Å². The van der Waals surface area contributed by atoms with Gasteiger partial charge in [0.05, 0.1) is 16.7 Å². The number of carbonyl (C=O) groups is 1. The second-order valence-electron chi connectivity index (χ2n) is 9.22. The molecule has 0 unspecified atom stereocenters. The maximum absolute atomic E-state index is 13.0. The number of fused-ring (bicyclic) bond motifs is 2. The Bertz CT molecular complexity index is 1930. The van der Waals surface area contributed by atoms with Gasteiger partial charge in [-0.2, -0.15) is 21.6 Å². The van der Waals surface area contributed by atoms with Crippen molar-refractivity contribution in [3.05, 3.63) is 75.6 Å². The fourth-order valence-corrected chi connectivity index (χ4v) is 5.70. The smallest absolute Gasteiger partial charge is 0.455 e. The molecule has 0 aliphatic heterocycles. The Labute approximate surface area is 241 Å². The number of aromatic nitrogens is 3. The van der Waals surface area contributed by atoms with Gasteiger partial charge in [-0.25, -0.2) is 9.97 Å². The number of anilines is 1. The fourth-order valence-electron chi connectivity index (χ4n) is 4.51. The molecule has 0 bridgehead atoms. The van der Waals surface area contributed by atoms with Gasteiger partial charge in [-0.15, -0.1) is 0 Å². The molecule has 1 amide bonds. The lowest BCUT2D eigenvalue weighted by Crippen LogP contribution is -2.30. The van der Waals surface area contributed by atoms with E-state index in [2.05, 4.69) is 26.2 Å². The monoisotopic (exact) mass is 649 g/mol. The molecule has 0 fully saturated rings. The van der Waals surface area contributed by atoms with Crippen LogP contribution in [0, 0.1) is 6.92 Å². The van der Waals surface area contributed by atoms with E-state index >= 15 is 0 Å². The number of pyridine rings is 1. The standard InChI is InChI=1S/C27H23BrF3N5O4S/c1-4-21-34-23-14(2)11-19(26(37)32-3)33-25(23)36(21)13-15-9-10-20-17(12-15)22(28)24(40-20)16-7-5-6-8-18(16)35-41(38,39)27(29,30)31/h5-12,35H,4,13H2,1-3H3,(H,32,37). The maximum Gasteiger partial charge on any atom is 0.516 e. The lowest BCUT2D eigenvalue weighted by atomic mass is 10.1. The van der Waals surface area contributed by atoms with Crippen LogP contribution in [0.3, 0.4) is 0 Å². The Morgan fingerprint density at radius 2 is 1.85 bits per heavy atom. The van der Waals surface area contributed by atoms with Crippen LogP contribution < -0.4 is 10.0 Å². The number of para-hydroxylation sites is 1. The van der Waals surface area contributed by atoms with Crippen LogP contribution in [0.5, 0.6) is 0 Å². The molecular weight excluding hydrogens is 627 g/mol. The zero-order chi connectivity index (χ0) is 29.7. The number of alkyl halides is 3. The van der Waals surface area contributed by atoms with Crippen LogP contribution in [0.4, 0.5) is 18.9 Å². The van der Waals surface area contributed by atoms with E-state index in [1.165, 1.54) is 25.2 Å². The summed E-state index contributed by atoms with van der Waals surface area (Å²) >= 11 is 3.50. The van der Waals surface area contributed by atoms with Crippen molar-refractivity contribution < 1.29 is 30.8 Å². The minimum Gasteiger partial charge on any atom is -0.455 e. The Balaban J connectivity index is 1.57. The molecule has 0 radical (unpaired) electrons. The summed E-state index contributed by atoms with van der Waals surface area (Å²) in [5, 5.41) is 3.22. The first kappa shape index (κ1) is 28.6. The quantitative estimate of drug-likeness (QED) is 0.218. The normalized spacial score (nSPS) is 12.3. The first-order valence-electron chi connectivity index (χ1n) is 12.3. The average molecular weight is 650 g/mol. The van der Waals surface area contributed by atoms with Crippen molar-refractivity contribution in [1.82, 2.24) is 19.9 Å². The van der Waals surface area contributed by atoms with Gasteiger partial charge in [0.2, 0.25) is 0 Å². The molecule has 0 spiro atoms. The SMILES string of the molecule is CCc1nc2c(C)cc(C(=O)NC)nc2n1Cc1ccc2oc(-c3ccccc3NS(=O)(=O)C(F)(F)F)c(Br)c2c1. The van der Waals surface area contributed by atoms with Crippen molar-refractivity contribution in [2.75, 3.05) is 11.8 Å².